The molecule has 1 fully saturated rings. The minimum absolute atomic E-state index is 0.508. The van der Waals surface area contributed by atoms with E-state index < -0.39 is 0 Å². The number of hydrogen-bond acceptors (Lipinski definition) is 2. The van der Waals surface area contributed by atoms with Crippen molar-refractivity contribution < 1.29 is 0 Å². The molecule has 0 amide bonds. The molecular weight excluding hydrogens is 274 g/mol. The molecule has 1 aliphatic carbocycles. The van der Waals surface area contributed by atoms with Gasteiger partial charge in [-0.3, -0.25) is 4.99 Å². The largest absolute Gasteiger partial charge is 0.370 e. The zero-order valence-corrected chi connectivity index (χ0v) is 13.3. The molecule has 22 heavy (non-hydrogen) atoms. The average Bonchev–Trinajstić information content (AvgIpc) is 2.84. The summed E-state index contributed by atoms with van der Waals surface area (Å²) in [7, 11) is 0. The van der Waals surface area contributed by atoms with Gasteiger partial charge in [0.25, 0.3) is 0 Å². The van der Waals surface area contributed by atoms with Crippen molar-refractivity contribution in [3.05, 3.63) is 30.1 Å². The van der Waals surface area contributed by atoms with Crippen LogP contribution < -0.4 is 11.1 Å². The molecule has 0 aliphatic heterocycles. The van der Waals surface area contributed by atoms with Crippen molar-refractivity contribution in [3.63, 3.8) is 0 Å². The molecule has 0 bridgehead atoms. The molecule has 3 rings (SSSR count). The lowest BCUT2D eigenvalue weighted by Gasteiger charge is -2.23. The number of nitrogens with one attached hydrogen (secondary N) is 1. The van der Waals surface area contributed by atoms with Gasteiger partial charge in [0.2, 0.25) is 0 Å². The van der Waals surface area contributed by atoms with Gasteiger partial charge in [0, 0.05) is 12.6 Å². The highest BCUT2D eigenvalue weighted by molar-refractivity contribution is 5.78. The number of fused-ring (bicyclic) bond motifs is 1. The second-order valence-corrected chi connectivity index (χ2v) is 6.05. The van der Waals surface area contributed by atoms with E-state index in [0.717, 1.165) is 23.4 Å². The molecule has 1 saturated carbocycles. The summed E-state index contributed by atoms with van der Waals surface area (Å²) in [5.41, 5.74) is 8.21. The van der Waals surface area contributed by atoms with Crippen LogP contribution in [-0.4, -0.2) is 28.1 Å². The Morgan fingerprint density at radius 3 is 2.91 bits per heavy atom. The van der Waals surface area contributed by atoms with Crippen LogP contribution in [0.15, 0.2) is 29.3 Å². The molecule has 118 valence electrons. The van der Waals surface area contributed by atoms with Gasteiger partial charge in [-0.1, -0.05) is 31.4 Å². The molecule has 3 N–H and O–H groups in total. The summed E-state index contributed by atoms with van der Waals surface area (Å²) in [6.45, 7) is 3.51. The Labute approximate surface area is 131 Å². The maximum absolute atomic E-state index is 6.01. The minimum Gasteiger partial charge on any atom is -0.370 e. The topological polar surface area (TPSA) is 68.2 Å². The number of hydrogen-bond donors (Lipinski definition) is 2. The number of nitrogens with two attached hydrogens (primary N) is 1. The van der Waals surface area contributed by atoms with E-state index >= 15 is 0 Å². The van der Waals surface area contributed by atoms with Gasteiger partial charge in [-0.05, 0) is 31.9 Å². The Hall–Kier alpha value is -2.04. The van der Waals surface area contributed by atoms with Gasteiger partial charge in [-0.25, -0.2) is 4.98 Å². The Morgan fingerprint density at radius 1 is 1.32 bits per heavy atom. The highest BCUT2D eigenvalue weighted by Gasteiger charge is 2.13. The fourth-order valence-corrected chi connectivity index (χ4v) is 3.25. The summed E-state index contributed by atoms with van der Waals surface area (Å²) in [6.07, 6.45) is 6.36. The van der Waals surface area contributed by atoms with Crippen LogP contribution >= 0.6 is 0 Å². The normalized spacial score (nSPS) is 17.0. The van der Waals surface area contributed by atoms with Crippen LogP contribution in [0.3, 0.4) is 0 Å². The second-order valence-electron chi connectivity index (χ2n) is 6.05. The molecule has 0 spiro atoms. The first-order chi connectivity index (χ1) is 10.7. The maximum Gasteiger partial charge on any atom is 0.188 e. The van der Waals surface area contributed by atoms with Crippen LogP contribution in [0.2, 0.25) is 0 Å². The summed E-state index contributed by atoms with van der Waals surface area (Å²) < 4.78 is 2.20. The summed E-state index contributed by atoms with van der Waals surface area (Å²) in [4.78, 5) is 9.05. The summed E-state index contributed by atoms with van der Waals surface area (Å²) in [5.74, 6) is 1.60. The van der Waals surface area contributed by atoms with Crippen LogP contribution in [0.5, 0.6) is 0 Å². The number of nitrogens with zero attached hydrogens (tertiary/aromatic N) is 3. The van der Waals surface area contributed by atoms with Crippen molar-refractivity contribution in [2.24, 2.45) is 10.7 Å². The fraction of sp³-hybridized carbons (Fsp3) is 0.529. The summed E-state index contributed by atoms with van der Waals surface area (Å²) in [5, 5.41) is 3.35. The minimum atomic E-state index is 0.508. The fourth-order valence-electron chi connectivity index (χ4n) is 3.25. The van der Waals surface area contributed by atoms with Crippen molar-refractivity contribution in [2.75, 3.05) is 6.54 Å². The van der Waals surface area contributed by atoms with E-state index in [1.165, 1.54) is 32.1 Å². The first-order valence-corrected chi connectivity index (χ1v) is 8.22. The lowest BCUT2D eigenvalue weighted by molar-refractivity contribution is 0.412. The lowest BCUT2D eigenvalue weighted by atomic mass is 9.96. The van der Waals surface area contributed by atoms with Crippen LogP contribution in [0.1, 0.15) is 37.9 Å². The molecule has 1 aromatic heterocycles. The molecule has 0 atom stereocenters. The second kappa shape index (κ2) is 6.81. The van der Waals surface area contributed by atoms with Crippen LogP contribution in [-0.2, 0) is 6.54 Å². The summed E-state index contributed by atoms with van der Waals surface area (Å²) >= 11 is 0. The van der Waals surface area contributed by atoms with E-state index in [0.29, 0.717) is 18.5 Å². The van der Waals surface area contributed by atoms with Crippen molar-refractivity contribution >= 4 is 17.0 Å². The first-order valence-electron chi connectivity index (χ1n) is 8.22. The Balaban J connectivity index is 1.59. The van der Waals surface area contributed by atoms with Crippen LogP contribution in [0, 0.1) is 6.92 Å². The van der Waals surface area contributed by atoms with Gasteiger partial charge in [-0.2, -0.15) is 0 Å². The standard InChI is InChI=1S/C17H25N5/c1-13-20-15-9-5-6-10-16(15)22(13)12-11-19-17(18)21-14-7-3-2-4-8-14/h5-6,9-10,14H,2-4,7-8,11-12H2,1H3,(H3,18,19,21). The maximum atomic E-state index is 6.01. The number of benzene rings is 1. The SMILES string of the molecule is Cc1nc2ccccc2n1CCN=C(N)NC1CCCCC1. The van der Waals surface area contributed by atoms with Gasteiger partial charge in [0.1, 0.15) is 5.82 Å². The summed E-state index contributed by atoms with van der Waals surface area (Å²) in [6, 6.07) is 8.71. The number of rotatable bonds is 4. The third-order valence-corrected chi connectivity index (χ3v) is 4.41. The molecule has 0 radical (unpaired) electrons. The quantitative estimate of drug-likeness (QED) is 0.673. The van der Waals surface area contributed by atoms with Crippen molar-refractivity contribution in [1.29, 1.82) is 0 Å². The van der Waals surface area contributed by atoms with E-state index in [-0.39, 0.29) is 0 Å². The van der Waals surface area contributed by atoms with Gasteiger partial charge >= 0.3 is 0 Å². The van der Waals surface area contributed by atoms with E-state index in [1.807, 2.05) is 25.1 Å². The van der Waals surface area contributed by atoms with E-state index in [9.17, 15) is 0 Å². The molecule has 1 aromatic carbocycles. The lowest BCUT2D eigenvalue weighted by Crippen LogP contribution is -2.41. The Bertz CT molecular complexity index is 652. The van der Waals surface area contributed by atoms with Gasteiger partial charge in [-0.15, -0.1) is 0 Å². The smallest absolute Gasteiger partial charge is 0.188 e. The molecule has 1 heterocycles. The number of imidazole rings is 1. The van der Waals surface area contributed by atoms with Crippen molar-refractivity contribution in [1.82, 2.24) is 14.9 Å². The molecule has 5 nitrogen and oxygen atoms in total. The molecular formula is C17H25N5. The Morgan fingerprint density at radius 2 is 2.09 bits per heavy atom. The third-order valence-electron chi connectivity index (χ3n) is 4.41. The number of aromatic nitrogens is 2. The zero-order valence-electron chi connectivity index (χ0n) is 13.3. The first kappa shape index (κ1) is 14.9. The van der Waals surface area contributed by atoms with Gasteiger partial charge < -0.3 is 15.6 Å². The monoisotopic (exact) mass is 299 g/mol. The molecule has 0 unspecified atom stereocenters. The molecule has 1 aliphatic rings. The van der Waals surface area contributed by atoms with Gasteiger partial charge in [0.15, 0.2) is 5.96 Å². The molecule has 5 heteroatoms. The van der Waals surface area contributed by atoms with E-state index in [2.05, 4.69) is 25.9 Å². The molecule has 2 aromatic rings. The van der Waals surface area contributed by atoms with Crippen molar-refractivity contribution in [3.8, 4) is 0 Å². The number of aliphatic imine (C=N–C) groups is 1. The van der Waals surface area contributed by atoms with Crippen LogP contribution in [0.25, 0.3) is 11.0 Å². The van der Waals surface area contributed by atoms with E-state index in [1.54, 1.807) is 0 Å². The highest BCUT2D eigenvalue weighted by Crippen LogP contribution is 2.17. The third kappa shape index (κ3) is 3.40. The molecule has 0 saturated heterocycles. The Kier molecular flexibility index (Phi) is 4.61. The average molecular weight is 299 g/mol. The van der Waals surface area contributed by atoms with Gasteiger partial charge in [0.05, 0.1) is 17.6 Å². The van der Waals surface area contributed by atoms with Crippen molar-refractivity contribution in [2.45, 2.75) is 51.6 Å². The highest BCUT2D eigenvalue weighted by atomic mass is 15.1. The predicted octanol–water partition coefficient (Wildman–Crippen LogP) is 2.58. The van der Waals surface area contributed by atoms with E-state index in [4.69, 9.17) is 5.73 Å². The zero-order chi connectivity index (χ0) is 15.4. The predicted molar refractivity (Wildman–Crippen MR) is 91.0 cm³/mol. The number of guanidine groups is 1. The van der Waals surface area contributed by atoms with Crippen LogP contribution in [0.4, 0.5) is 0 Å². The number of para-hydroxylation sites is 2. The number of aryl methyl sites for hydroxylation is 1.